The number of fused-ring (bicyclic) bond motifs is 3. The van der Waals surface area contributed by atoms with E-state index in [1.54, 1.807) is 21.0 Å². The van der Waals surface area contributed by atoms with E-state index in [1.807, 2.05) is 12.1 Å². The Kier molecular flexibility index (Phi) is 12.1. The van der Waals surface area contributed by atoms with Crippen molar-refractivity contribution in [3.05, 3.63) is 35.1 Å². The first-order chi connectivity index (χ1) is 24.3. The number of carboxylic acid groups (broad SMARTS) is 3. The minimum atomic E-state index is -2.85. The summed E-state index contributed by atoms with van der Waals surface area (Å²) in [6, 6.07) is 4.03. The summed E-state index contributed by atoms with van der Waals surface area (Å²) >= 11 is 0. The first kappa shape index (κ1) is 40.3. The largest absolute Gasteiger partial charge is 0.547 e. The maximum atomic E-state index is 13.8. The molecular formula is C35H47NO16. The minimum absolute atomic E-state index is 0.0634. The highest BCUT2D eigenvalue weighted by molar-refractivity contribution is 5.87. The summed E-state index contributed by atoms with van der Waals surface area (Å²) in [5.74, 6) is -5.32. The van der Waals surface area contributed by atoms with Crippen LogP contribution in [0.1, 0.15) is 82.3 Å². The molecule has 0 bridgehead atoms. The zero-order valence-electron chi connectivity index (χ0n) is 29.6. The lowest BCUT2D eigenvalue weighted by Crippen LogP contribution is -3.18. The number of hydrogen-bond acceptors (Lipinski definition) is 14. The Morgan fingerprint density at radius 1 is 0.942 bits per heavy atom. The number of carbonyl (C=O) groups excluding carboxylic acids is 3. The summed E-state index contributed by atoms with van der Waals surface area (Å²) in [4.78, 5) is 57.7. The molecule has 3 heterocycles. The molecule has 3 aliphatic heterocycles. The molecule has 1 saturated heterocycles. The predicted molar refractivity (Wildman–Crippen MR) is 173 cm³/mol. The molecule has 1 spiro atoms. The number of benzene rings is 1. The van der Waals surface area contributed by atoms with Gasteiger partial charge in [-0.2, -0.15) is 0 Å². The van der Waals surface area contributed by atoms with Crippen molar-refractivity contribution < 1.29 is 83.2 Å². The van der Waals surface area contributed by atoms with E-state index in [1.165, 1.54) is 12.0 Å². The molecule has 6 N–H and O–H groups in total. The number of hydrogen-bond donors (Lipinski definition) is 6. The number of aliphatic carboxylic acids is 3. The van der Waals surface area contributed by atoms with Crippen LogP contribution in [-0.4, -0.2) is 118 Å². The summed E-state index contributed by atoms with van der Waals surface area (Å²) in [6.45, 7) is 5.39. The van der Waals surface area contributed by atoms with Crippen molar-refractivity contribution in [3.8, 4) is 11.5 Å². The van der Waals surface area contributed by atoms with Crippen LogP contribution in [-0.2, 0) is 44.6 Å². The fourth-order valence-electron chi connectivity index (χ4n) is 7.62. The molecule has 5 atom stereocenters. The topological polar surface area (TPSA) is 260 Å². The first-order valence-electron chi connectivity index (χ1n) is 16.9. The second-order valence-electron chi connectivity index (χ2n) is 14.4. The number of esters is 2. The Balaban J connectivity index is 0.000000398. The van der Waals surface area contributed by atoms with Crippen molar-refractivity contribution in [2.45, 2.75) is 106 Å². The van der Waals surface area contributed by atoms with Crippen molar-refractivity contribution in [1.29, 1.82) is 0 Å². The van der Waals surface area contributed by atoms with Gasteiger partial charge in [-0.3, -0.25) is 14.4 Å². The molecule has 0 aromatic heterocycles. The van der Waals surface area contributed by atoms with Gasteiger partial charge in [-0.15, -0.1) is 0 Å². The summed E-state index contributed by atoms with van der Waals surface area (Å²) in [6.07, 6.45) is 1.72. The normalized spacial score (nSPS) is 24.0. The van der Waals surface area contributed by atoms with Crippen molar-refractivity contribution in [1.82, 2.24) is 0 Å². The fourth-order valence-corrected chi connectivity index (χ4v) is 7.62. The van der Waals surface area contributed by atoms with Gasteiger partial charge in [0.1, 0.15) is 16.9 Å². The molecule has 1 fully saturated rings. The van der Waals surface area contributed by atoms with E-state index in [0.717, 1.165) is 43.5 Å². The zero-order chi connectivity index (χ0) is 38.6. The van der Waals surface area contributed by atoms with E-state index < -0.39 is 72.0 Å². The number of carbonyl (C=O) groups is 5. The molecule has 4 aliphatic rings. The van der Waals surface area contributed by atoms with Crippen LogP contribution in [0.4, 0.5) is 0 Å². The van der Waals surface area contributed by atoms with Gasteiger partial charge in [0.15, 0.2) is 23.2 Å². The lowest BCUT2D eigenvalue weighted by molar-refractivity contribution is -0.932. The third-order valence-corrected chi connectivity index (χ3v) is 10.1. The SMILES string of the molecule is COC(=O)C[C@@](O)(CCCC(C)(C)O)C(=O)O[C@@H]1C(OC)=C[C@]23CCC[NH+]2CCc2cc4c(cc2[C@H]13)OCO4.O=C(O)CC(O)(CC(=O)O)C(=O)[O-]. The number of aliphatic hydroxyl groups is 3. The third-order valence-electron chi connectivity index (χ3n) is 10.1. The molecule has 0 amide bonds. The Morgan fingerprint density at radius 2 is 1.58 bits per heavy atom. The van der Waals surface area contributed by atoms with Crippen molar-refractivity contribution >= 4 is 29.8 Å². The van der Waals surface area contributed by atoms with Crippen LogP contribution in [0.3, 0.4) is 0 Å². The lowest BCUT2D eigenvalue weighted by Gasteiger charge is -2.37. The van der Waals surface area contributed by atoms with Gasteiger partial charge in [-0.25, -0.2) is 4.79 Å². The number of carboxylic acids is 3. The van der Waals surface area contributed by atoms with Crippen LogP contribution in [0.25, 0.3) is 0 Å². The third kappa shape index (κ3) is 8.77. The van der Waals surface area contributed by atoms with Gasteiger partial charge in [0.25, 0.3) is 0 Å². The van der Waals surface area contributed by atoms with Gasteiger partial charge in [-0.05, 0) is 56.4 Å². The van der Waals surface area contributed by atoms with E-state index in [2.05, 4.69) is 6.08 Å². The van der Waals surface area contributed by atoms with E-state index in [0.29, 0.717) is 30.1 Å². The predicted octanol–water partition coefficient (Wildman–Crippen LogP) is -1.42. The average molecular weight is 738 g/mol. The minimum Gasteiger partial charge on any atom is -0.547 e. The summed E-state index contributed by atoms with van der Waals surface area (Å²) in [5.41, 5.74) is -4.14. The standard InChI is InChI=1S/C29H39NO9.C6H8O7/c1-27(2,33)8-5-10-29(34,16-23(31)36-4)26(32)39-25-22(35-3)15-28-9-6-11-30(28)12-7-18-13-20-21(38-17-37-20)14-19(18)24(25)28;7-3(8)1-6(13,5(11)12)2-4(9)10/h13-15,24-25,33-34H,5-12,16-17H2,1-4H3;13H,1-2H2,(H,7,8)(H,9,10)(H,11,12)/t24-,25-,28+,29+;/m1./s1. The number of methoxy groups -OCH3 is 2. The van der Waals surface area contributed by atoms with Gasteiger partial charge in [0.05, 0.1) is 64.1 Å². The zero-order valence-corrected chi connectivity index (χ0v) is 29.6. The molecule has 0 radical (unpaired) electrons. The smallest absolute Gasteiger partial charge is 0.339 e. The maximum Gasteiger partial charge on any atom is 0.339 e. The molecule has 1 aromatic carbocycles. The Morgan fingerprint density at radius 3 is 2.13 bits per heavy atom. The van der Waals surface area contributed by atoms with Gasteiger partial charge < -0.3 is 64.0 Å². The number of rotatable bonds is 14. The molecular weight excluding hydrogens is 690 g/mol. The second-order valence-corrected chi connectivity index (χ2v) is 14.4. The molecule has 1 unspecified atom stereocenters. The number of nitrogens with one attached hydrogen (secondary N) is 1. The number of ether oxygens (including phenoxy) is 5. The van der Waals surface area contributed by atoms with Crippen LogP contribution >= 0.6 is 0 Å². The fraction of sp³-hybridized carbons (Fsp3) is 0.629. The molecule has 17 nitrogen and oxygen atoms in total. The van der Waals surface area contributed by atoms with Gasteiger partial charge in [0, 0.05) is 25.3 Å². The molecule has 52 heavy (non-hydrogen) atoms. The highest BCUT2D eigenvalue weighted by Gasteiger charge is 2.62. The molecule has 288 valence electrons. The molecule has 0 saturated carbocycles. The van der Waals surface area contributed by atoms with E-state index >= 15 is 0 Å². The average Bonchev–Trinajstić information content (AvgIpc) is 3.73. The number of quaternary nitrogens is 1. The van der Waals surface area contributed by atoms with Crippen LogP contribution in [0.15, 0.2) is 24.0 Å². The lowest BCUT2D eigenvalue weighted by atomic mass is 9.77. The van der Waals surface area contributed by atoms with E-state index in [4.69, 9.17) is 39.0 Å². The maximum absolute atomic E-state index is 13.8. The quantitative estimate of drug-likeness (QED) is 0.120. The first-order valence-corrected chi connectivity index (χ1v) is 16.9. The van der Waals surface area contributed by atoms with Gasteiger partial charge in [-0.1, -0.05) is 0 Å². The van der Waals surface area contributed by atoms with Crippen LogP contribution in [0.2, 0.25) is 0 Å². The summed E-state index contributed by atoms with van der Waals surface area (Å²) in [5, 5.41) is 57.2. The van der Waals surface area contributed by atoms with Crippen molar-refractivity contribution in [3.63, 3.8) is 0 Å². The Labute approximate surface area is 299 Å². The van der Waals surface area contributed by atoms with Gasteiger partial charge in [0.2, 0.25) is 6.79 Å². The van der Waals surface area contributed by atoms with Crippen LogP contribution in [0, 0.1) is 0 Å². The molecule has 1 aromatic rings. The molecule has 1 aliphatic carbocycles. The van der Waals surface area contributed by atoms with Crippen LogP contribution in [0.5, 0.6) is 11.5 Å². The Bertz CT molecular complexity index is 1570. The second kappa shape index (κ2) is 15.7. The molecule has 17 heteroatoms. The Hall–Kier alpha value is -4.45. The van der Waals surface area contributed by atoms with E-state index in [9.17, 15) is 39.3 Å². The summed E-state index contributed by atoms with van der Waals surface area (Å²) < 4.78 is 28.1. The highest BCUT2D eigenvalue weighted by atomic mass is 16.7. The van der Waals surface area contributed by atoms with E-state index in [-0.39, 0.29) is 24.7 Å². The molecule has 5 rings (SSSR count). The highest BCUT2D eigenvalue weighted by Crippen LogP contribution is 2.50. The van der Waals surface area contributed by atoms with Gasteiger partial charge >= 0.3 is 23.9 Å². The van der Waals surface area contributed by atoms with Crippen molar-refractivity contribution in [2.75, 3.05) is 34.1 Å². The van der Waals surface area contributed by atoms with Crippen LogP contribution < -0.4 is 19.5 Å². The van der Waals surface area contributed by atoms with Crippen molar-refractivity contribution in [2.24, 2.45) is 0 Å². The monoisotopic (exact) mass is 737 g/mol. The summed E-state index contributed by atoms with van der Waals surface area (Å²) in [7, 11) is 2.77.